The van der Waals surface area contributed by atoms with E-state index in [0.717, 1.165) is 5.69 Å². The van der Waals surface area contributed by atoms with E-state index in [4.69, 9.17) is 0 Å². The Kier molecular flexibility index (Phi) is 8.08. The van der Waals surface area contributed by atoms with Crippen LogP contribution in [0.5, 0.6) is 0 Å². The first-order chi connectivity index (χ1) is 33.3. The van der Waals surface area contributed by atoms with Crippen LogP contribution in [0.4, 0.5) is 17.1 Å². The highest BCUT2D eigenvalue weighted by Crippen LogP contribution is 2.67. The van der Waals surface area contributed by atoms with E-state index in [1.165, 1.54) is 123 Å². The zero-order valence-electron chi connectivity index (χ0n) is 38.8. The average molecular weight is 868 g/mol. The van der Waals surface area contributed by atoms with Gasteiger partial charge in [0.2, 0.25) is 0 Å². The Balaban J connectivity index is 1.07. The molecule has 0 radical (unpaired) electrons. The number of hydrogen-bond donors (Lipinski definition) is 0. The maximum absolute atomic E-state index is 2.63. The van der Waals surface area contributed by atoms with E-state index in [1.54, 1.807) is 0 Å². The van der Waals surface area contributed by atoms with Crippen molar-refractivity contribution in [3.8, 4) is 66.8 Å². The Morgan fingerprint density at radius 2 is 0.721 bits per heavy atom. The molecular weight excluding hydrogens is 819 g/mol. The minimum absolute atomic E-state index is 0.157. The summed E-state index contributed by atoms with van der Waals surface area (Å²) >= 11 is 0. The van der Waals surface area contributed by atoms with E-state index in [2.05, 4.69) is 257 Å². The largest absolute Gasteiger partial charge is 0.309 e. The predicted octanol–water partition coefficient (Wildman–Crippen LogP) is 17.4. The molecule has 1 nitrogen and oxygen atoms in total. The van der Waals surface area contributed by atoms with Gasteiger partial charge in [-0.3, -0.25) is 0 Å². The second-order valence-corrected chi connectivity index (χ2v) is 20.3. The third-order valence-electron chi connectivity index (χ3n) is 16.3. The van der Waals surface area contributed by atoms with E-state index >= 15 is 0 Å². The molecule has 0 fully saturated rings. The molecule has 0 saturated heterocycles. The van der Waals surface area contributed by atoms with Crippen molar-refractivity contribution in [2.45, 2.75) is 43.9 Å². The molecular formula is C67H49N. The number of hydrogen-bond acceptors (Lipinski definition) is 1. The number of anilines is 3. The van der Waals surface area contributed by atoms with Crippen molar-refractivity contribution in [2.24, 2.45) is 0 Å². The van der Waals surface area contributed by atoms with Gasteiger partial charge in [-0.05, 0) is 130 Å². The Morgan fingerprint density at radius 1 is 0.279 bits per heavy atom. The number of benzene rings is 10. The second-order valence-electron chi connectivity index (χ2n) is 20.3. The first-order valence-corrected chi connectivity index (χ1v) is 24.2. The van der Waals surface area contributed by atoms with E-state index in [1.807, 2.05) is 0 Å². The molecule has 4 aliphatic rings. The van der Waals surface area contributed by atoms with Crippen molar-refractivity contribution in [3.63, 3.8) is 0 Å². The lowest BCUT2D eigenvalue weighted by Crippen LogP contribution is -2.27. The van der Waals surface area contributed by atoms with Gasteiger partial charge in [-0.2, -0.15) is 0 Å². The van der Waals surface area contributed by atoms with Crippen LogP contribution in [0.1, 0.15) is 72.2 Å². The molecule has 1 atom stereocenters. The smallest absolute Gasteiger partial charge is 0.0732 e. The van der Waals surface area contributed by atoms with Crippen molar-refractivity contribution in [3.05, 3.63) is 269 Å². The molecule has 10 aromatic rings. The van der Waals surface area contributed by atoms with E-state index in [-0.39, 0.29) is 10.8 Å². The van der Waals surface area contributed by atoms with Crippen LogP contribution in [0, 0.1) is 0 Å². The van der Waals surface area contributed by atoms with Gasteiger partial charge in [0.1, 0.15) is 0 Å². The van der Waals surface area contributed by atoms with Crippen LogP contribution >= 0.6 is 0 Å². The minimum Gasteiger partial charge on any atom is -0.309 e. The Hall–Kier alpha value is -8.00. The Bertz CT molecular complexity index is 3750. The summed E-state index contributed by atoms with van der Waals surface area (Å²) in [5, 5.41) is 0. The summed E-state index contributed by atoms with van der Waals surface area (Å²) in [5.74, 6) is 0. The summed E-state index contributed by atoms with van der Waals surface area (Å²) in [6.07, 6.45) is 0. The molecule has 322 valence electrons. The molecule has 1 heteroatoms. The molecule has 0 N–H and O–H groups in total. The molecule has 68 heavy (non-hydrogen) atoms. The van der Waals surface area contributed by atoms with Gasteiger partial charge in [0.05, 0.1) is 16.8 Å². The van der Waals surface area contributed by atoms with Crippen LogP contribution in [-0.2, 0) is 16.2 Å². The van der Waals surface area contributed by atoms with Crippen LogP contribution in [0.25, 0.3) is 66.8 Å². The van der Waals surface area contributed by atoms with Crippen molar-refractivity contribution in [1.82, 2.24) is 0 Å². The lowest BCUT2D eigenvalue weighted by Gasteiger charge is -2.34. The highest BCUT2D eigenvalue weighted by atomic mass is 15.1. The first kappa shape index (κ1) is 39.2. The summed E-state index contributed by atoms with van der Waals surface area (Å²) in [4.78, 5) is 2.63. The fourth-order valence-corrected chi connectivity index (χ4v) is 13.3. The van der Waals surface area contributed by atoms with Gasteiger partial charge in [-0.25, -0.2) is 0 Å². The molecule has 0 aliphatic heterocycles. The number of fused-ring (bicyclic) bond motifs is 16. The lowest BCUT2D eigenvalue weighted by molar-refractivity contribution is 0.660. The minimum atomic E-state index is -0.576. The molecule has 4 aliphatic carbocycles. The van der Waals surface area contributed by atoms with Crippen LogP contribution in [0.2, 0.25) is 0 Å². The third-order valence-corrected chi connectivity index (χ3v) is 16.3. The quantitative estimate of drug-likeness (QED) is 0.167. The molecule has 1 unspecified atom stereocenters. The summed E-state index contributed by atoms with van der Waals surface area (Å²) < 4.78 is 0. The summed E-state index contributed by atoms with van der Waals surface area (Å²) in [7, 11) is 0. The van der Waals surface area contributed by atoms with E-state index in [0.29, 0.717) is 0 Å². The number of nitrogens with zero attached hydrogens (tertiary/aromatic N) is 1. The van der Waals surface area contributed by atoms with E-state index < -0.39 is 5.41 Å². The SMILES string of the molecule is CC1(C)c2ccccc2-c2ccc(N(c3cccc4c3-c3ccccc3C4(C)C)c3cccc4c3-c3ccccc3C43c4ccccc4-c4cccc(-c5cccc(-c6ccccc6)c5)c43)cc21. The molecule has 0 saturated carbocycles. The molecule has 10 aromatic carbocycles. The predicted molar refractivity (Wildman–Crippen MR) is 283 cm³/mol. The average Bonchev–Trinajstić information content (AvgIpc) is 4.02. The van der Waals surface area contributed by atoms with E-state index in [9.17, 15) is 0 Å². The zero-order valence-corrected chi connectivity index (χ0v) is 38.8. The molecule has 0 amide bonds. The van der Waals surface area contributed by atoms with Crippen LogP contribution in [-0.4, -0.2) is 0 Å². The highest BCUT2D eigenvalue weighted by molar-refractivity contribution is 6.05. The monoisotopic (exact) mass is 867 g/mol. The van der Waals surface area contributed by atoms with Gasteiger partial charge in [0.25, 0.3) is 0 Å². The molecule has 0 heterocycles. The van der Waals surface area contributed by atoms with Crippen molar-refractivity contribution in [2.75, 3.05) is 4.90 Å². The van der Waals surface area contributed by atoms with Gasteiger partial charge >= 0.3 is 0 Å². The van der Waals surface area contributed by atoms with Gasteiger partial charge in [-0.15, -0.1) is 0 Å². The van der Waals surface area contributed by atoms with Crippen molar-refractivity contribution >= 4 is 17.1 Å². The topological polar surface area (TPSA) is 3.24 Å². The Morgan fingerprint density at radius 3 is 1.44 bits per heavy atom. The normalized spacial score (nSPS) is 16.5. The fraction of sp³-hybridized carbons (Fsp3) is 0.104. The Labute approximate surface area is 399 Å². The maximum Gasteiger partial charge on any atom is 0.0732 e. The van der Waals surface area contributed by atoms with Gasteiger partial charge < -0.3 is 4.90 Å². The van der Waals surface area contributed by atoms with Crippen LogP contribution < -0.4 is 4.90 Å². The summed E-state index contributed by atoms with van der Waals surface area (Å²) in [6, 6.07) is 85.0. The standard InChI is InChI=1S/C67H49N/c1-65(2)54-31-13-10-26-51(54)62-57(65)34-18-36-60(62)68(45-38-39-49-47-24-8-12-30-53(47)66(3,4)59(49)41-45)61-37-19-35-58-63(61)52-27-11-15-33-56(52)67(58)55-32-14-9-25-48(55)50-29-17-28-46(64(50)67)44-23-16-22-43(40-44)42-20-6-5-7-21-42/h5-41H,1-4H3. The van der Waals surface area contributed by atoms with Gasteiger partial charge in [0.15, 0.2) is 0 Å². The fourth-order valence-electron chi connectivity index (χ4n) is 13.3. The van der Waals surface area contributed by atoms with Gasteiger partial charge in [0, 0.05) is 27.6 Å². The molecule has 0 aromatic heterocycles. The molecule has 1 spiro atoms. The molecule has 0 bridgehead atoms. The summed E-state index contributed by atoms with van der Waals surface area (Å²) in [6.45, 7) is 9.58. The van der Waals surface area contributed by atoms with Crippen molar-refractivity contribution < 1.29 is 0 Å². The van der Waals surface area contributed by atoms with Gasteiger partial charge in [-0.1, -0.05) is 222 Å². The van der Waals surface area contributed by atoms with Crippen LogP contribution in [0.15, 0.2) is 224 Å². The zero-order chi connectivity index (χ0) is 45.5. The lowest BCUT2D eigenvalue weighted by atomic mass is 9.68. The highest BCUT2D eigenvalue weighted by Gasteiger charge is 2.54. The first-order valence-electron chi connectivity index (χ1n) is 24.2. The maximum atomic E-state index is 2.63. The second kappa shape index (κ2) is 14.0. The summed E-state index contributed by atoms with van der Waals surface area (Å²) in [5.41, 5.74) is 28.8. The number of rotatable bonds is 5. The van der Waals surface area contributed by atoms with Crippen molar-refractivity contribution in [1.29, 1.82) is 0 Å². The van der Waals surface area contributed by atoms with Crippen LogP contribution in [0.3, 0.4) is 0 Å². The molecule has 14 rings (SSSR count). The third kappa shape index (κ3) is 5.06.